The highest BCUT2D eigenvalue weighted by Crippen LogP contribution is 2.28. The lowest BCUT2D eigenvalue weighted by Crippen LogP contribution is -2.17. The van der Waals surface area contributed by atoms with Gasteiger partial charge in [-0.3, -0.25) is 9.48 Å². The fourth-order valence-corrected chi connectivity index (χ4v) is 2.93. The van der Waals surface area contributed by atoms with E-state index < -0.39 is 11.6 Å². The number of amides is 1. The molecule has 1 aromatic heterocycles. The van der Waals surface area contributed by atoms with Gasteiger partial charge in [-0.15, -0.1) is 0 Å². The number of aromatic nitrogens is 2. The molecule has 0 saturated heterocycles. The molecule has 0 aliphatic rings. The summed E-state index contributed by atoms with van der Waals surface area (Å²) in [7, 11) is 0. The highest BCUT2D eigenvalue weighted by Gasteiger charge is 2.22. The maximum Gasteiger partial charge on any atom is 0.273 e. The molecule has 0 saturated carbocycles. The second kappa shape index (κ2) is 7.54. The van der Waals surface area contributed by atoms with E-state index in [0.29, 0.717) is 23.5 Å². The van der Waals surface area contributed by atoms with Crippen molar-refractivity contribution in [1.29, 1.82) is 0 Å². The Morgan fingerprint density at radius 3 is 2.32 bits per heavy atom. The van der Waals surface area contributed by atoms with Gasteiger partial charge in [0.15, 0.2) is 0 Å². The van der Waals surface area contributed by atoms with Crippen LogP contribution in [0.15, 0.2) is 48.5 Å². The average Bonchev–Trinajstić information content (AvgIpc) is 3.07. The van der Waals surface area contributed by atoms with Crippen LogP contribution in [-0.4, -0.2) is 15.7 Å². The van der Waals surface area contributed by atoms with Crippen LogP contribution in [0, 0.1) is 11.6 Å². The second-order valence-corrected chi connectivity index (χ2v) is 7.61. The third kappa shape index (κ3) is 3.96. The number of carbonyl (C=O) groups excluding carboxylic acids is 1. The Morgan fingerprint density at radius 2 is 1.71 bits per heavy atom. The molecule has 0 aliphatic heterocycles. The van der Waals surface area contributed by atoms with Gasteiger partial charge in [0.25, 0.3) is 5.91 Å². The van der Waals surface area contributed by atoms with E-state index in [-0.39, 0.29) is 16.9 Å². The first-order chi connectivity index (χ1) is 13.2. The molecule has 1 heterocycles. The Kier molecular flexibility index (Phi) is 5.31. The fourth-order valence-electron chi connectivity index (χ4n) is 2.93. The largest absolute Gasteiger partial charge is 0.321 e. The molecule has 0 radical (unpaired) electrons. The van der Waals surface area contributed by atoms with Gasteiger partial charge >= 0.3 is 0 Å². The lowest BCUT2D eigenvalue weighted by Gasteiger charge is -2.13. The summed E-state index contributed by atoms with van der Waals surface area (Å²) in [5.74, 6) is -1.62. The minimum Gasteiger partial charge on any atom is -0.321 e. The summed E-state index contributed by atoms with van der Waals surface area (Å²) in [6.45, 7) is 8.56. The molecule has 3 aromatic rings. The molecule has 146 valence electrons. The fraction of sp³-hybridized carbons (Fsp3) is 0.273. The average molecular weight is 383 g/mol. The van der Waals surface area contributed by atoms with E-state index in [9.17, 15) is 13.6 Å². The lowest BCUT2D eigenvalue weighted by atomic mass is 9.92. The number of rotatable bonds is 4. The lowest BCUT2D eigenvalue weighted by molar-refractivity contribution is 0.101. The van der Waals surface area contributed by atoms with Gasteiger partial charge in [0.2, 0.25) is 0 Å². The van der Waals surface area contributed by atoms with Crippen LogP contribution < -0.4 is 5.32 Å². The molecule has 1 N–H and O–H groups in total. The van der Waals surface area contributed by atoms with Crippen molar-refractivity contribution < 1.29 is 13.6 Å². The summed E-state index contributed by atoms with van der Waals surface area (Å²) in [6, 6.07) is 12.0. The van der Waals surface area contributed by atoms with E-state index in [1.807, 2.05) is 27.7 Å². The standard InChI is InChI=1S/C22H23F2N3O/c1-5-27-18(13-19(26-27)22(2,3)4)21(28)25-15-9-6-8-14(12-15)20-16(23)10-7-11-17(20)24/h6-13H,5H2,1-4H3,(H,25,28). The van der Waals surface area contributed by atoms with Gasteiger partial charge in [0, 0.05) is 17.6 Å². The third-order valence-electron chi connectivity index (χ3n) is 4.45. The quantitative estimate of drug-likeness (QED) is 0.656. The Balaban J connectivity index is 1.91. The van der Waals surface area contributed by atoms with Crippen molar-refractivity contribution in [3.8, 4) is 11.1 Å². The summed E-state index contributed by atoms with van der Waals surface area (Å²) < 4.78 is 29.8. The highest BCUT2D eigenvalue weighted by molar-refractivity contribution is 6.03. The summed E-state index contributed by atoms with van der Waals surface area (Å²) in [5, 5.41) is 7.31. The van der Waals surface area contributed by atoms with Gasteiger partial charge < -0.3 is 5.32 Å². The first-order valence-electron chi connectivity index (χ1n) is 9.15. The first-order valence-corrected chi connectivity index (χ1v) is 9.15. The number of hydrogen-bond acceptors (Lipinski definition) is 2. The van der Waals surface area contributed by atoms with Crippen molar-refractivity contribution in [1.82, 2.24) is 9.78 Å². The highest BCUT2D eigenvalue weighted by atomic mass is 19.1. The van der Waals surface area contributed by atoms with Gasteiger partial charge in [-0.05, 0) is 42.8 Å². The topological polar surface area (TPSA) is 46.9 Å². The number of hydrogen-bond donors (Lipinski definition) is 1. The summed E-state index contributed by atoms with van der Waals surface area (Å²) in [6.07, 6.45) is 0. The predicted octanol–water partition coefficient (Wildman–Crippen LogP) is 5.40. The van der Waals surface area contributed by atoms with E-state index in [1.165, 1.54) is 18.2 Å². The van der Waals surface area contributed by atoms with Crippen molar-refractivity contribution in [2.24, 2.45) is 0 Å². The molecule has 2 aromatic carbocycles. The smallest absolute Gasteiger partial charge is 0.273 e. The predicted molar refractivity (Wildman–Crippen MR) is 106 cm³/mol. The number of nitrogens with one attached hydrogen (secondary N) is 1. The second-order valence-electron chi connectivity index (χ2n) is 7.61. The zero-order valence-corrected chi connectivity index (χ0v) is 16.4. The van der Waals surface area contributed by atoms with Crippen molar-refractivity contribution in [3.05, 3.63) is 71.6 Å². The van der Waals surface area contributed by atoms with Crippen molar-refractivity contribution >= 4 is 11.6 Å². The Bertz CT molecular complexity index is 999. The maximum atomic E-state index is 14.1. The molecule has 0 spiro atoms. The number of halogens is 2. The van der Waals surface area contributed by atoms with Crippen LogP contribution in [0.3, 0.4) is 0 Å². The van der Waals surface area contributed by atoms with E-state index in [4.69, 9.17) is 0 Å². The molecule has 28 heavy (non-hydrogen) atoms. The molecule has 4 nitrogen and oxygen atoms in total. The summed E-state index contributed by atoms with van der Waals surface area (Å²) in [4.78, 5) is 12.8. The van der Waals surface area contributed by atoms with Crippen LogP contribution in [0.2, 0.25) is 0 Å². The minimum absolute atomic E-state index is 0.118. The van der Waals surface area contributed by atoms with E-state index >= 15 is 0 Å². The van der Waals surface area contributed by atoms with Gasteiger partial charge in [0.1, 0.15) is 17.3 Å². The van der Waals surface area contributed by atoms with Crippen LogP contribution in [-0.2, 0) is 12.0 Å². The molecule has 6 heteroatoms. The molecular weight excluding hydrogens is 360 g/mol. The Morgan fingerprint density at radius 1 is 1.07 bits per heavy atom. The van der Waals surface area contributed by atoms with Gasteiger partial charge in [-0.1, -0.05) is 39.0 Å². The van der Waals surface area contributed by atoms with Gasteiger partial charge in [-0.25, -0.2) is 8.78 Å². The minimum atomic E-state index is -0.651. The van der Waals surface area contributed by atoms with E-state index in [1.54, 1.807) is 35.0 Å². The molecule has 0 bridgehead atoms. The molecule has 0 aliphatic carbocycles. The zero-order valence-electron chi connectivity index (χ0n) is 16.4. The van der Waals surface area contributed by atoms with Gasteiger partial charge in [0.05, 0.1) is 11.3 Å². The maximum absolute atomic E-state index is 14.1. The Hall–Kier alpha value is -3.02. The number of nitrogens with zero attached hydrogens (tertiary/aromatic N) is 2. The van der Waals surface area contributed by atoms with Crippen molar-refractivity contribution in [3.63, 3.8) is 0 Å². The van der Waals surface area contributed by atoms with Gasteiger partial charge in [-0.2, -0.15) is 5.10 Å². The molecule has 3 rings (SSSR count). The molecule has 0 unspecified atom stereocenters. The number of benzene rings is 2. The number of carbonyl (C=O) groups is 1. The summed E-state index contributed by atoms with van der Waals surface area (Å²) >= 11 is 0. The third-order valence-corrected chi connectivity index (χ3v) is 4.45. The zero-order chi connectivity index (χ0) is 20.5. The Labute approximate surface area is 163 Å². The summed E-state index contributed by atoms with van der Waals surface area (Å²) in [5.41, 5.74) is 1.76. The normalized spacial score (nSPS) is 11.5. The number of aryl methyl sites for hydroxylation is 1. The monoisotopic (exact) mass is 383 g/mol. The van der Waals surface area contributed by atoms with Crippen LogP contribution in [0.4, 0.5) is 14.5 Å². The first kappa shape index (κ1) is 19.7. The van der Waals surface area contributed by atoms with Crippen LogP contribution in [0.25, 0.3) is 11.1 Å². The van der Waals surface area contributed by atoms with Crippen LogP contribution >= 0.6 is 0 Å². The van der Waals surface area contributed by atoms with Crippen molar-refractivity contribution in [2.75, 3.05) is 5.32 Å². The SMILES string of the molecule is CCn1nc(C(C)(C)C)cc1C(=O)Nc1cccc(-c2c(F)cccc2F)c1. The molecule has 1 amide bonds. The molecule has 0 fully saturated rings. The molecule has 0 atom stereocenters. The molecular formula is C22H23F2N3O. The number of anilines is 1. The van der Waals surface area contributed by atoms with Crippen molar-refractivity contribution in [2.45, 2.75) is 39.7 Å². The van der Waals surface area contributed by atoms with E-state index in [0.717, 1.165) is 5.69 Å². The van der Waals surface area contributed by atoms with Crippen LogP contribution in [0.5, 0.6) is 0 Å². The van der Waals surface area contributed by atoms with Crippen LogP contribution in [0.1, 0.15) is 43.9 Å². The van der Waals surface area contributed by atoms with E-state index in [2.05, 4.69) is 10.4 Å².